The number of nitrogen functional groups attached to an aromatic ring is 1. The smallest absolute Gasteiger partial charge is 0.406 e. The van der Waals surface area contributed by atoms with Gasteiger partial charge in [-0.05, 0) is 12.1 Å². The molecule has 0 radical (unpaired) electrons. The summed E-state index contributed by atoms with van der Waals surface area (Å²) in [6.07, 6.45) is 0.959. The molecule has 0 aliphatic heterocycles. The lowest BCUT2D eigenvalue weighted by atomic mass is 10.4. The molecule has 5 heteroatoms. The second-order valence-electron chi connectivity index (χ2n) is 2.03. The molecular weight excluding hydrogens is 158 g/mol. The highest BCUT2D eigenvalue weighted by Crippen LogP contribution is 2.16. The quantitative estimate of drug-likeness (QED) is 0.634. The summed E-state index contributed by atoms with van der Waals surface area (Å²) in [5.74, 6) is 0.456. The predicted molar refractivity (Wildman–Crippen MR) is 43.7 cm³/mol. The van der Waals surface area contributed by atoms with Gasteiger partial charge in [-0.2, -0.15) is 0 Å². The molecule has 3 N–H and O–H groups in total. The van der Waals surface area contributed by atoms with Crippen LogP contribution in [0.2, 0.25) is 0 Å². The number of carbonyl (C=O) groups is 1. The number of anilines is 1. The van der Waals surface area contributed by atoms with Crippen LogP contribution in [0.5, 0.6) is 5.75 Å². The topological polar surface area (TPSA) is 77.2 Å². The first kappa shape index (κ1) is 8.32. The summed E-state index contributed by atoms with van der Waals surface area (Å²) in [4.78, 5) is 14.5. The summed E-state index contributed by atoms with van der Waals surface area (Å²) in [7, 11) is 1.47. The van der Waals surface area contributed by atoms with Gasteiger partial charge in [-0.1, -0.05) is 0 Å². The zero-order valence-electron chi connectivity index (χ0n) is 6.57. The zero-order chi connectivity index (χ0) is 8.97. The third kappa shape index (κ3) is 1.85. The number of nitrogens with zero attached hydrogens (tertiary/aromatic N) is 1. The Hall–Kier alpha value is -1.78. The summed E-state index contributed by atoms with van der Waals surface area (Å²) in [6, 6.07) is 3.20. The second-order valence-corrected chi connectivity index (χ2v) is 2.03. The van der Waals surface area contributed by atoms with E-state index >= 15 is 0 Å². The largest absolute Gasteiger partial charge is 0.412 e. The molecule has 0 bridgehead atoms. The first-order chi connectivity index (χ1) is 5.74. The number of hydrogen-bond donors (Lipinski definition) is 2. The van der Waals surface area contributed by atoms with Gasteiger partial charge in [0.15, 0.2) is 11.6 Å². The van der Waals surface area contributed by atoms with Crippen molar-refractivity contribution in [3.8, 4) is 5.75 Å². The molecule has 5 nitrogen and oxygen atoms in total. The van der Waals surface area contributed by atoms with Gasteiger partial charge < -0.3 is 15.8 Å². The normalized spacial score (nSPS) is 9.08. The van der Waals surface area contributed by atoms with Crippen LogP contribution >= 0.6 is 0 Å². The fourth-order valence-corrected chi connectivity index (χ4v) is 0.640. The van der Waals surface area contributed by atoms with Gasteiger partial charge in [0.2, 0.25) is 0 Å². The Labute approximate surface area is 69.5 Å². The number of aromatic nitrogens is 1. The van der Waals surface area contributed by atoms with E-state index in [4.69, 9.17) is 10.5 Å². The molecule has 0 aliphatic rings. The molecule has 1 rings (SSSR count). The van der Waals surface area contributed by atoms with Crippen LogP contribution in [0.15, 0.2) is 18.3 Å². The van der Waals surface area contributed by atoms with Gasteiger partial charge in [-0.25, -0.2) is 9.78 Å². The number of carbonyl (C=O) groups excluding carboxylic acids is 1. The van der Waals surface area contributed by atoms with Crippen molar-refractivity contribution < 1.29 is 9.53 Å². The SMILES string of the molecule is CNC(=O)Oc1cccnc1N. The molecule has 1 amide bonds. The van der Waals surface area contributed by atoms with Crippen LogP contribution in [0, 0.1) is 0 Å². The van der Waals surface area contributed by atoms with E-state index in [1.807, 2.05) is 0 Å². The van der Waals surface area contributed by atoms with Gasteiger partial charge in [0, 0.05) is 13.2 Å². The number of nitrogens with one attached hydrogen (secondary N) is 1. The molecule has 0 saturated heterocycles. The fourth-order valence-electron chi connectivity index (χ4n) is 0.640. The maximum absolute atomic E-state index is 10.7. The molecule has 64 valence electrons. The van der Waals surface area contributed by atoms with Crippen molar-refractivity contribution in [2.24, 2.45) is 0 Å². The molecule has 0 fully saturated rings. The average Bonchev–Trinajstić information content (AvgIpc) is 2.09. The fraction of sp³-hybridized carbons (Fsp3) is 0.143. The second kappa shape index (κ2) is 3.56. The van der Waals surface area contributed by atoms with Crippen LogP contribution in [-0.4, -0.2) is 18.1 Å². The number of nitrogens with two attached hydrogens (primary N) is 1. The van der Waals surface area contributed by atoms with Crippen molar-refractivity contribution in [3.63, 3.8) is 0 Å². The molecule has 0 saturated carbocycles. The first-order valence-corrected chi connectivity index (χ1v) is 3.34. The molecule has 1 heterocycles. The Bertz CT molecular complexity index is 288. The number of ether oxygens (including phenoxy) is 1. The van der Waals surface area contributed by atoms with Crippen LogP contribution < -0.4 is 15.8 Å². The van der Waals surface area contributed by atoms with E-state index in [9.17, 15) is 4.79 Å². The maximum atomic E-state index is 10.7. The Morgan fingerprint density at radius 1 is 1.75 bits per heavy atom. The van der Waals surface area contributed by atoms with Crippen LogP contribution in [-0.2, 0) is 0 Å². The summed E-state index contributed by atoms with van der Waals surface area (Å²) < 4.78 is 4.76. The lowest BCUT2D eigenvalue weighted by Gasteiger charge is -2.03. The number of rotatable bonds is 1. The third-order valence-electron chi connectivity index (χ3n) is 1.21. The number of amides is 1. The highest BCUT2D eigenvalue weighted by atomic mass is 16.6. The van der Waals surface area contributed by atoms with E-state index in [0.29, 0.717) is 0 Å². The minimum atomic E-state index is -0.560. The van der Waals surface area contributed by atoms with Crippen molar-refractivity contribution in [2.45, 2.75) is 0 Å². The molecule has 0 aromatic carbocycles. The monoisotopic (exact) mass is 167 g/mol. The molecule has 0 aliphatic carbocycles. The van der Waals surface area contributed by atoms with E-state index in [0.717, 1.165) is 0 Å². The highest BCUT2D eigenvalue weighted by molar-refractivity contribution is 5.71. The van der Waals surface area contributed by atoms with Gasteiger partial charge in [-0.3, -0.25) is 0 Å². The number of hydrogen-bond acceptors (Lipinski definition) is 4. The Kier molecular flexibility index (Phi) is 2.47. The molecule has 12 heavy (non-hydrogen) atoms. The minimum absolute atomic E-state index is 0.195. The molecule has 0 spiro atoms. The first-order valence-electron chi connectivity index (χ1n) is 3.34. The molecule has 1 aromatic rings. The Morgan fingerprint density at radius 3 is 3.08 bits per heavy atom. The van der Waals surface area contributed by atoms with E-state index in [-0.39, 0.29) is 11.6 Å². The predicted octanol–water partition coefficient (Wildman–Crippen LogP) is 0.382. The van der Waals surface area contributed by atoms with Gasteiger partial charge in [0.1, 0.15) is 0 Å². The average molecular weight is 167 g/mol. The van der Waals surface area contributed by atoms with Crippen molar-refractivity contribution in [1.82, 2.24) is 10.3 Å². The lowest BCUT2D eigenvalue weighted by Crippen LogP contribution is -2.22. The molecular formula is C7H9N3O2. The van der Waals surface area contributed by atoms with Crippen molar-refractivity contribution in [3.05, 3.63) is 18.3 Å². The van der Waals surface area contributed by atoms with E-state index < -0.39 is 6.09 Å². The van der Waals surface area contributed by atoms with Crippen molar-refractivity contribution in [1.29, 1.82) is 0 Å². The van der Waals surface area contributed by atoms with Crippen LogP contribution in [0.1, 0.15) is 0 Å². The summed E-state index contributed by atoms with van der Waals surface area (Å²) >= 11 is 0. The lowest BCUT2D eigenvalue weighted by molar-refractivity contribution is 0.203. The third-order valence-corrected chi connectivity index (χ3v) is 1.21. The zero-order valence-corrected chi connectivity index (χ0v) is 6.57. The summed E-state index contributed by atoms with van der Waals surface area (Å²) in [5.41, 5.74) is 5.41. The van der Waals surface area contributed by atoms with Crippen LogP contribution in [0.25, 0.3) is 0 Å². The van der Waals surface area contributed by atoms with E-state index in [1.165, 1.54) is 13.2 Å². The Balaban J connectivity index is 2.75. The van der Waals surface area contributed by atoms with E-state index in [2.05, 4.69) is 10.3 Å². The van der Waals surface area contributed by atoms with Gasteiger partial charge >= 0.3 is 6.09 Å². The van der Waals surface area contributed by atoms with Crippen LogP contribution in [0.4, 0.5) is 10.6 Å². The summed E-state index contributed by atoms with van der Waals surface area (Å²) in [5, 5.41) is 2.30. The molecule has 1 aromatic heterocycles. The van der Waals surface area contributed by atoms with Gasteiger partial charge in [-0.15, -0.1) is 0 Å². The van der Waals surface area contributed by atoms with Crippen molar-refractivity contribution in [2.75, 3.05) is 12.8 Å². The molecule has 0 atom stereocenters. The van der Waals surface area contributed by atoms with Gasteiger partial charge in [0.25, 0.3) is 0 Å². The standard InChI is InChI=1S/C7H9N3O2/c1-9-7(11)12-5-3-2-4-10-6(5)8/h2-4H,1H3,(H2,8,10)(H,9,11). The highest BCUT2D eigenvalue weighted by Gasteiger charge is 2.04. The minimum Gasteiger partial charge on any atom is -0.406 e. The van der Waals surface area contributed by atoms with Crippen LogP contribution in [0.3, 0.4) is 0 Å². The summed E-state index contributed by atoms with van der Waals surface area (Å²) in [6.45, 7) is 0. The van der Waals surface area contributed by atoms with E-state index in [1.54, 1.807) is 12.1 Å². The molecule has 0 unspecified atom stereocenters. The maximum Gasteiger partial charge on any atom is 0.412 e. The van der Waals surface area contributed by atoms with Gasteiger partial charge in [0.05, 0.1) is 0 Å². The van der Waals surface area contributed by atoms with Crippen molar-refractivity contribution >= 4 is 11.9 Å². The number of pyridine rings is 1. The Morgan fingerprint density at radius 2 is 2.50 bits per heavy atom.